The lowest BCUT2D eigenvalue weighted by Crippen LogP contribution is -1.92. The molecule has 2 rings (SSSR count). The summed E-state index contributed by atoms with van der Waals surface area (Å²) in [7, 11) is 0. The smallest absolute Gasteiger partial charge is 0.284 e. The van der Waals surface area contributed by atoms with Crippen LogP contribution in [0.25, 0.3) is 0 Å². The van der Waals surface area contributed by atoms with E-state index in [-0.39, 0.29) is 11.5 Å². The molecule has 2 aromatic carbocycles. The van der Waals surface area contributed by atoms with Crippen molar-refractivity contribution >= 4 is 39.3 Å². The summed E-state index contributed by atoms with van der Waals surface area (Å²) in [5.74, 6) is -0.0358. The van der Waals surface area contributed by atoms with E-state index < -0.39 is 4.92 Å². The van der Waals surface area contributed by atoms with E-state index >= 15 is 0 Å². The molecule has 0 aromatic heterocycles. The van der Waals surface area contributed by atoms with Crippen LogP contribution in [0.5, 0.6) is 0 Å². The van der Waals surface area contributed by atoms with Crippen LogP contribution in [0.15, 0.2) is 51.9 Å². The van der Waals surface area contributed by atoms with Crippen molar-refractivity contribution in [3.63, 3.8) is 0 Å². The number of halogens is 1. The van der Waals surface area contributed by atoms with Crippen molar-refractivity contribution in [2.45, 2.75) is 6.92 Å². The number of nitro benzene ring substituents is 1. The fourth-order valence-corrected chi connectivity index (χ4v) is 2.10. The molecule has 0 bridgehead atoms. The minimum atomic E-state index is -0.461. The van der Waals surface area contributed by atoms with Gasteiger partial charge < -0.3 is 0 Å². The van der Waals surface area contributed by atoms with Crippen LogP contribution in [-0.4, -0.2) is 16.9 Å². The summed E-state index contributed by atoms with van der Waals surface area (Å²) < 4.78 is 0.420. The number of benzene rings is 2. The van der Waals surface area contributed by atoms with Gasteiger partial charge in [0.1, 0.15) is 0 Å². The summed E-state index contributed by atoms with van der Waals surface area (Å²) in [6.07, 6.45) is 1.53. The number of carbonyl (C=O) groups is 1. The highest BCUT2D eigenvalue weighted by molar-refractivity contribution is 9.10. The second kappa shape index (κ2) is 6.41. The Morgan fingerprint density at radius 1 is 1.29 bits per heavy atom. The molecule has 0 saturated carbocycles. The number of Topliss-reactive ketones (excluding diaryl/α,β-unsaturated/α-hetero) is 1. The van der Waals surface area contributed by atoms with Crippen molar-refractivity contribution in [3.8, 4) is 0 Å². The topological polar surface area (TPSA) is 72.6 Å². The molecule has 106 valence electrons. The first kappa shape index (κ1) is 15.1. The molecule has 0 amide bonds. The predicted octanol–water partition coefficient (Wildman–Crippen LogP) is 4.31. The fourth-order valence-electron chi connectivity index (χ4n) is 1.70. The summed E-state index contributed by atoms with van der Waals surface area (Å²) in [5.41, 5.74) is 1.79. The van der Waals surface area contributed by atoms with Crippen LogP contribution in [-0.2, 0) is 0 Å². The van der Waals surface area contributed by atoms with Crippen LogP contribution >= 0.6 is 15.9 Å². The van der Waals surface area contributed by atoms with Crippen LogP contribution in [0.4, 0.5) is 11.4 Å². The second-order valence-electron chi connectivity index (χ2n) is 4.33. The van der Waals surface area contributed by atoms with Crippen LogP contribution < -0.4 is 0 Å². The molecule has 0 aliphatic rings. The molecule has 21 heavy (non-hydrogen) atoms. The molecule has 0 radical (unpaired) electrons. The number of nitro groups is 1. The lowest BCUT2D eigenvalue weighted by molar-refractivity contribution is -0.385. The molecular formula is C15H11BrN2O3. The van der Waals surface area contributed by atoms with Crippen molar-refractivity contribution in [2.75, 3.05) is 0 Å². The average Bonchev–Trinajstić information content (AvgIpc) is 2.46. The minimum absolute atomic E-state index is 0.0172. The molecule has 0 unspecified atom stereocenters. The molecule has 0 aliphatic carbocycles. The maximum atomic E-state index is 11.3. The third-order valence-electron chi connectivity index (χ3n) is 2.78. The molecule has 2 aromatic rings. The Morgan fingerprint density at radius 2 is 2.05 bits per heavy atom. The lowest BCUT2D eigenvalue weighted by Gasteiger charge is -1.99. The number of hydrogen-bond donors (Lipinski definition) is 0. The highest BCUT2D eigenvalue weighted by Crippen LogP contribution is 2.25. The maximum absolute atomic E-state index is 11.3. The minimum Gasteiger partial charge on any atom is -0.295 e. The van der Waals surface area contributed by atoms with E-state index in [1.807, 2.05) is 0 Å². The predicted molar refractivity (Wildman–Crippen MR) is 84.5 cm³/mol. The van der Waals surface area contributed by atoms with Crippen molar-refractivity contribution in [2.24, 2.45) is 4.99 Å². The Kier molecular flexibility index (Phi) is 4.59. The highest BCUT2D eigenvalue weighted by Gasteiger charge is 2.11. The van der Waals surface area contributed by atoms with Crippen LogP contribution in [0.1, 0.15) is 22.8 Å². The summed E-state index contributed by atoms with van der Waals surface area (Å²) in [4.78, 5) is 25.9. The van der Waals surface area contributed by atoms with Gasteiger partial charge in [0.25, 0.3) is 5.69 Å². The Labute approximate surface area is 129 Å². The van der Waals surface area contributed by atoms with Crippen LogP contribution in [0.2, 0.25) is 0 Å². The summed E-state index contributed by atoms with van der Waals surface area (Å²) in [6, 6.07) is 11.6. The quantitative estimate of drug-likeness (QED) is 0.358. The van der Waals surface area contributed by atoms with Gasteiger partial charge in [0.2, 0.25) is 0 Å². The van der Waals surface area contributed by atoms with Crippen molar-refractivity contribution in [1.29, 1.82) is 0 Å². The maximum Gasteiger partial charge on any atom is 0.284 e. The molecule has 0 spiro atoms. The van der Waals surface area contributed by atoms with E-state index in [0.717, 1.165) is 0 Å². The Morgan fingerprint density at radius 3 is 2.71 bits per heavy atom. The normalized spacial score (nSPS) is 10.8. The van der Waals surface area contributed by atoms with Gasteiger partial charge in [0, 0.05) is 17.8 Å². The van der Waals surface area contributed by atoms with E-state index in [2.05, 4.69) is 20.9 Å². The number of carbonyl (C=O) groups excluding carboxylic acids is 1. The van der Waals surface area contributed by atoms with Crippen LogP contribution in [0.3, 0.4) is 0 Å². The van der Waals surface area contributed by atoms with Gasteiger partial charge in [-0.3, -0.25) is 19.9 Å². The molecule has 6 heteroatoms. The number of rotatable bonds is 4. The van der Waals surface area contributed by atoms with Crippen molar-refractivity contribution in [1.82, 2.24) is 0 Å². The molecule has 0 saturated heterocycles. The summed E-state index contributed by atoms with van der Waals surface area (Å²) >= 11 is 3.13. The fraction of sp³-hybridized carbons (Fsp3) is 0.0667. The van der Waals surface area contributed by atoms with E-state index in [0.29, 0.717) is 21.3 Å². The summed E-state index contributed by atoms with van der Waals surface area (Å²) in [6.45, 7) is 1.49. The zero-order chi connectivity index (χ0) is 15.4. The third kappa shape index (κ3) is 3.82. The standard InChI is InChI=1S/C15H11BrN2O3/c1-10(19)12-3-2-4-13(8-12)17-9-11-5-6-14(16)15(7-11)18(20)21/h2-9H,1H3. The molecule has 0 heterocycles. The van der Waals surface area contributed by atoms with Gasteiger partial charge in [-0.1, -0.05) is 18.2 Å². The van der Waals surface area contributed by atoms with Gasteiger partial charge >= 0.3 is 0 Å². The largest absolute Gasteiger partial charge is 0.295 e. The van der Waals surface area contributed by atoms with Gasteiger partial charge in [0.05, 0.1) is 15.1 Å². The van der Waals surface area contributed by atoms with Crippen molar-refractivity contribution in [3.05, 3.63) is 68.2 Å². The average molecular weight is 347 g/mol. The Bertz CT molecular complexity index is 741. The van der Waals surface area contributed by atoms with Gasteiger partial charge in [-0.05, 0) is 46.6 Å². The zero-order valence-electron chi connectivity index (χ0n) is 11.1. The first-order valence-electron chi connectivity index (χ1n) is 6.06. The van der Waals surface area contributed by atoms with Crippen molar-refractivity contribution < 1.29 is 9.72 Å². The van der Waals surface area contributed by atoms with E-state index in [1.165, 1.54) is 19.2 Å². The second-order valence-corrected chi connectivity index (χ2v) is 5.19. The van der Waals surface area contributed by atoms with E-state index in [4.69, 9.17) is 0 Å². The Balaban J connectivity index is 2.29. The molecule has 0 fully saturated rings. The van der Waals surface area contributed by atoms with Gasteiger partial charge in [-0.15, -0.1) is 0 Å². The Hall–Kier alpha value is -2.34. The van der Waals surface area contributed by atoms with E-state index in [1.54, 1.807) is 36.4 Å². The zero-order valence-corrected chi connectivity index (χ0v) is 12.7. The number of hydrogen-bond acceptors (Lipinski definition) is 4. The molecule has 5 nitrogen and oxygen atoms in total. The number of ketones is 1. The lowest BCUT2D eigenvalue weighted by atomic mass is 10.1. The highest BCUT2D eigenvalue weighted by atomic mass is 79.9. The molecule has 0 aliphatic heterocycles. The van der Waals surface area contributed by atoms with Gasteiger partial charge in [-0.2, -0.15) is 0 Å². The molecule has 0 atom stereocenters. The first-order valence-corrected chi connectivity index (χ1v) is 6.85. The monoisotopic (exact) mass is 346 g/mol. The van der Waals surface area contributed by atoms with Gasteiger partial charge in [0.15, 0.2) is 5.78 Å². The SMILES string of the molecule is CC(=O)c1cccc(N=Cc2ccc(Br)c([N+](=O)[O-])c2)c1. The number of aliphatic imine (C=N–C) groups is 1. The summed E-state index contributed by atoms with van der Waals surface area (Å²) in [5, 5.41) is 10.9. The number of nitrogens with zero attached hydrogens (tertiary/aromatic N) is 2. The molecule has 0 N–H and O–H groups in total. The molecular weight excluding hydrogens is 336 g/mol. The third-order valence-corrected chi connectivity index (χ3v) is 3.45. The van der Waals surface area contributed by atoms with E-state index in [9.17, 15) is 14.9 Å². The first-order chi connectivity index (χ1) is 9.97. The van der Waals surface area contributed by atoms with Gasteiger partial charge in [-0.25, -0.2) is 0 Å². The van der Waals surface area contributed by atoms with Crippen LogP contribution in [0, 0.1) is 10.1 Å².